The van der Waals surface area contributed by atoms with Crippen molar-refractivity contribution in [2.75, 3.05) is 31.7 Å². The Morgan fingerprint density at radius 2 is 1.93 bits per heavy atom. The number of carbonyl (C=O) groups is 3. The second-order valence-corrected chi connectivity index (χ2v) is 7.78. The van der Waals surface area contributed by atoms with E-state index in [1.54, 1.807) is 6.07 Å². The van der Waals surface area contributed by atoms with Crippen LogP contribution in [0.15, 0.2) is 24.3 Å². The molecule has 30 heavy (non-hydrogen) atoms. The van der Waals surface area contributed by atoms with E-state index in [0.29, 0.717) is 45.0 Å². The SMILES string of the molecule is CCOCCOCc1cccc(NC(=O)CCN2C(=O)NC3(CCCCC3)C2=O)c1. The summed E-state index contributed by atoms with van der Waals surface area (Å²) in [6.45, 7) is 4.18. The highest BCUT2D eigenvalue weighted by Crippen LogP contribution is 2.33. The summed E-state index contributed by atoms with van der Waals surface area (Å²) >= 11 is 0. The van der Waals surface area contributed by atoms with Gasteiger partial charge in [0.1, 0.15) is 5.54 Å². The molecular weight excluding hydrogens is 386 g/mol. The summed E-state index contributed by atoms with van der Waals surface area (Å²) in [4.78, 5) is 38.6. The van der Waals surface area contributed by atoms with E-state index in [4.69, 9.17) is 9.47 Å². The summed E-state index contributed by atoms with van der Waals surface area (Å²) in [5.41, 5.74) is 0.854. The van der Waals surface area contributed by atoms with Crippen molar-refractivity contribution in [3.05, 3.63) is 29.8 Å². The second kappa shape index (κ2) is 10.5. The van der Waals surface area contributed by atoms with Gasteiger partial charge in [-0.2, -0.15) is 0 Å². The van der Waals surface area contributed by atoms with Crippen molar-refractivity contribution in [3.8, 4) is 0 Å². The van der Waals surface area contributed by atoms with Crippen LogP contribution in [0, 0.1) is 0 Å². The number of nitrogens with one attached hydrogen (secondary N) is 2. The minimum atomic E-state index is -0.748. The molecule has 1 saturated carbocycles. The molecule has 1 aliphatic heterocycles. The van der Waals surface area contributed by atoms with Crippen LogP contribution in [0.1, 0.15) is 51.0 Å². The second-order valence-electron chi connectivity index (χ2n) is 7.78. The van der Waals surface area contributed by atoms with Gasteiger partial charge in [-0.25, -0.2) is 4.79 Å². The zero-order valence-electron chi connectivity index (χ0n) is 17.6. The molecule has 0 aromatic heterocycles. The highest BCUT2D eigenvalue weighted by atomic mass is 16.5. The van der Waals surface area contributed by atoms with E-state index in [1.165, 1.54) is 4.90 Å². The van der Waals surface area contributed by atoms with Crippen molar-refractivity contribution >= 4 is 23.5 Å². The molecule has 1 aromatic carbocycles. The highest BCUT2D eigenvalue weighted by Gasteiger charge is 2.51. The number of hydrogen-bond donors (Lipinski definition) is 2. The van der Waals surface area contributed by atoms with Gasteiger partial charge in [0.15, 0.2) is 0 Å². The first-order chi connectivity index (χ1) is 14.5. The average molecular weight is 418 g/mol. The summed E-state index contributed by atoms with van der Waals surface area (Å²) in [6, 6.07) is 7.03. The van der Waals surface area contributed by atoms with Gasteiger partial charge in [-0.15, -0.1) is 0 Å². The number of carbonyl (C=O) groups excluding carboxylic acids is 3. The van der Waals surface area contributed by atoms with Gasteiger partial charge in [-0.1, -0.05) is 31.4 Å². The predicted octanol–water partition coefficient (Wildman–Crippen LogP) is 2.82. The minimum Gasteiger partial charge on any atom is -0.379 e. The lowest BCUT2D eigenvalue weighted by Crippen LogP contribution is -2.48. The molecule has 1 aromatic rings. The number of urea groups is 1. The molecule has 1 heterocycles. The molecule has 8 nitrogen and oxygen atoms in total. The van der Waals surface area contributed by atoms with Crippen LogP contribution >= 0.6 is 0 Å². The lowest BCUT2D eigenvalue weighted by Gasteiger charge is -2.30. The lowest BCUT2D eigenvalue weighted by molar-refractivity contribution is -0.132. The van der Waals surface area contributed by atoms with Crippen LogP contribution < -0.4 is 10.6 Å². The standard InChI is InChI=1S/C22H31N3O5/c1-2-29-13-14-30-16-17-7-6-8-18(15-17)23-19(26)9-12-25-20(27)22(24-21(25)28)10-4-3-5-11-22/h6-8,15H,2-5,9-14,16H2,1H3,(H,23,26)(H,24,28). The number of nitrogens with zero attached hydrogens (tertiary/aromatic N) is 1. The molecule has 0 bridgehead atoms. The van der Waals surface area contributed by atoms with Gasteiger partial charge < -0.3 is 20.1 Å². The maximum absolute atomic E-state index is 12.8. The summed E-state index contributed by atoms with van der Waals surface area (Å²) in [5, 5.41) is 5.69. The molecule has 2 fully saturated rings. The van der Waals surface area contributed by atoms with E-state index >= 15 is 0 Å². The Hall–Kier alpha value is -2.45. The van der Waals surface area contributed by atoms with Crippen LogP contribution in [-0.2, 0) is 25.7 Å². The third-order valence-corrected chi connectivity index (χ3v) is 5.57. The number of benzene rings is 1. The lowest BCUT2D eigenvalue weighted by atomic mass is 9.82. The Bertz CT molecular complexity index is 761. The first-order valence-corrected chi connectivity index (χ1v) is 10.7. The Balaban J connectivity index is 1.46. The van der Waals surface area contributed by atoms with Crippen molar-refractivity contribution in [2.45, 2.75) is 57.6 Å². The maximum atomic E-state index is 12.8. The Labute approximate surface area is 177 Å². The third-order valence-electron chi connectivity index (χ3n) is 5.57. The zero-order valence-corrected chi connectivity index (χ0v) is 17.6. The molecule has 2 N–H and O–H groups in total. The van der Waals surface area contributed by atoms with Crippen LogP contribution in [0.2, 0.25) is 0 Å². The fraction of sp³-hybridized carbons (Fsp3) is 0.591. The van der Waals surface area contributed by atoms with Crippen LogP contribution in [0.4, 0.5) is 10.5 Å². The molecule has 164 valence electrons. The fourth-order valence-corrected chi connectivity index (χ4v) is 4.00. The molecule has 3 rings (SSSR count). The number of amides is 4. The van der Waals surface area contributed by atoms with Gasteiger partial charge in [0.2, 0.25) is 5.91 Å². The molecule has 4 amide bonds. The first-order valence-electron chi connectivity index (χ1n) is 10.7. The van der Waals surface area contributed by atoms with Crippen molar-refractivity contribution in [2.24, 2.45) is 0 Å². The molecule has 1 saturated heterocycles. The van der Waals surface area contributed by atoms with E-state index in [2.05, 4.69) is 10.6 Å². The first kappa shape index (κ1) is 22.2. The van der Waals surface area contributed by atoms with Crippen molar-refractivity contribution in [1.82, 2.24) is 10.2 Å². The van der Waals surface area contributed by atoms with E-state index in [-0.39, 0.29) is 30.8 Å². The number of ether oxygens (including phenoxy) is 2. The molecule has 8 heteroatoms. The van der Waals surface area contributed by atoms with Gasteiger partial charge in [0.25, 0.3) is 5.91 Å². The largest absolute Gasteiger partial charge is 0.379 e. The van der Waals surface area contributed by atoms with Gasteiger partial charge in [0, 0.05) is 25.3 Å². The molecule has 1 spiro atoms. The Morgan fingerprint density at radius 1 is 1.17 bits per heavy atom. The molecular formula is C22H31N3O5. The Morgan fingerprint density at radius 3 is 2.70 bits per heavy atom. The molecule has 1 aliphatic carbocycles. The summed E-state index contributed by atoms with van der Waals surface area (Å²) in [6.07, 6.45) is 4.38. The monoisotopic (exact) mass is 417 g/mol. The maximum Gasteiger partial charge on any atom is 0.325 e. The predicted molar refractivity (Wildman–Crippen MR) is 112 cm³/mol. The molecule has 0 radical (unpaired) electrons. The van der Waals surface area contributed by atoms with Gasteiger partial charge >= 0.3 is 6.03 Å². The minimum absolute atomic E-state index is 0.0598. The number of anilines is 1. The van der Waals surface area contributed by atoms with Crippen LogP contribution in [-0.4, -0.2) is 54.6 Å². The quantitative estimate of drug-likeness (QED) is 0.451. The topological polar surface area (TPSA) is 97.0 Å². The van der Waals surface area contributed by atoms with E-state index in [9.17, 15) is 14.4 Å². The number of rotatable bonds is 10. The third kappa shape index (κ3) is 5.58. The Kier molecular flexibility index (Phi) is 7.81. The summed E-state index contributed by atoms with van der Waals surface area (Å²) in [7, 11) is 0. The fourth-order valence-electron chi connectivity index (χ4n) is 4.00. The van der Waals surface area contributed by atoms with Gasteiger partial charge in [-0.05, 0) is 37.5 Å². The highest BCUT2D eigenvalue weighted by molar-refractivity contribution is 6.07. The molecule has 0 unspecified atom stereocenters. The van der Waals surface area contributed by atoms with Gasteiger partial charge in [0.05, 0.1) is 19.8 Å². The average Bonchev–Trinajstić information content (AvgIpc) is 2.96. The zero-order chi connectivity index (χ0) is 21.4. The van der Waals surface area contributed by atoms with E-state index in [1.807, 2.05) is 25.1 Å². The number of imide groups is 1. The van der Waals surface area contributed by atoms with E-state index in [0.717, 1.165) is 24.8 Å². The van der Waals surface area contributed by atoms with Crippen molar-refractivity contribution in [1.29, 1.82) is 0 Å². The van der Waals surface area contributed by atoms with Crippen molar-refractivity contribution in [3.63, 3.8) is 0 Å². The van der Waals surface area contributed by atoms with E-state index < -0.39 is 5.54 Å². The van der Waals surface area contributed by atoms with Crippen LogP contribution in [0.25, 0.3) is 0 Å². The number of hydrogen-bond acceptors (Lipinski definition) is 5. The van der Waals surface area contributed by atoms with Crippen LogP contribution in [0.5, 0.6) is 0 Å². The molecule has 2 aliphatic rings. The van der Waals surface area contributed by atoms with Gasteiger partial charge in [-0.3, -0.25) is 14.5 Å². The van der Waals surface area contributed by atoms with Crippen molar-refractivity contribution < 1.29 is 23.9 Å². The van der Waals surface area contributed by atoms with Crippen LogP contribution in [0.3, 0.4) is 0 Å². The summed E-state index contributed by atoms with van der Waals surface area (Å²) in [5.74, 6) is -0.430. The summed E-state index contributed by atoms with van der Waals surface area (Å²) < 4.78 is 10.8. The smallest absolute Gasteiger partial charge is 0.325 e. The normalized spacial score (nSPS) is 18.0. The molecule has 0 atom stereocenters.